The molecule has 96 valence electrons. The maximum Gasteiger partial charge on any atom is 0.0940 e. The lowest BCUT2D eigenvalue weighted by molar-refractivity contribution is 0.352. The average molecular weight is 253 g/mol. The van der Waals surface area contributed by atoms with Gasteiger partial charge in [0.1, 0.15) is 0 Å². The van der Waals surface area contributed by atoms with Gasteiger partial charge in [0.2, 0.25) is 0 Å². The van der Waals surface area contributed by atoms with Crippen molar-refractivity contribution >= 4 is 11.3 Å². The minimum absolute atomic E-state index is 0.393. The smallest absolute Gasteiger partial charge is 0.0940 e. The van der Waals surface area contributed by atoms with Crippen molar-refractivity contribution in [2.24, 2.45) is 11.8 Å². The van der Waals surface area contributed by atoms with Crippen molar-refractivity contribution in [1.29, 1.82) is 0 Å². The Morgan fingerprint density at radius 2 is 2.12 bits per heavy atom. The predicted octanol–water partition coefficient (Wildman–Crippen LogP) is 2.88. The highest BCUT2D eigenvalue weighted by Gasteiger charge is 2.18. The molecule has 1 atom stereocenters. The van der Waals surface area contributed by atoms with Crippen LogP contribution in [-0.4, -0.2) is 11.0 Å². The summed E-state index contributed by atoms with van der Waals surface area (Å²) in [6.07, 6.45) is 12.5. The van der Waals surface area contributed by atoms with Crippen LogP contribution in [0.3, 0.4) is 0 Å². The first-order valence-corrected chi connectivity index (χ1v) is 7.61. The van der Waals surface area contributed by atoms with Crippen LogP contribution < -0.4 is 11.3 Å². The van der Waals surface area contributed by atoms with Crippen molar-refractivity contribution in [1.82, 2.24) is 10.4 Å². The molecule has 0 radical (unpaired) electrons. The standard InChI is InChI=1S/C13H23N3S/c14-16-12(10-13-15-7-8-17-13)9-11-5-3-1-2-4-6-11/h7-8,11-12,16H,1-6,9-10,14H2. The van der Waals surface area contributed by atoms with Gasteiger partial charge in [-0.05, 0) is 12.3 Å². The minimum atomic E-state index is 0.393. The average Bonchev–Trinajstić information content (AvgIpc) is 2.71. The Kier molecular flexibility index (Phi) is 5.42. The Hall–Kier alpha value is -0.450. The molecule has 0 spiro atoms. The monoisotopic (exact) mass is 253 g/mol. The van der Waals surface area contributed by atoms with Gasteiger partial charge in [0.25, 0.3) is 0 Å². The van der Waals surface area contributed by atoms with Crippen molar-refractivity contribution in [3.05, 3.63) is 16.6 Å². The van der Waals surface area contributed by atoms with E-state index in [0.717, 1.165) is 12.3 Å². The molecule has 0 aromatic carbocycles. The van der Waals surface area contributed by atoms with Gasteiger partial charge in [-0.25, -0.2) is 4.98 Å². The molecule has 1 aliphatic rings. The van der Waals surface area contributed by atoms with Gasteiger partial charge in [-0.2, -0.15) is 0 Å². The van der Waals surface area contributed by atoms with Gasteiger partial charge in [-0.1, -0.05) is 38.5 Å². The van der Waals surface area contributed by atoms with E-state index in [4.69, 9.17) is 5.84 Å². The number of hydrogen-bond acceptors (Lipinski definition) is 4. The van der Waals surface area contributed by atoms with Crippen molar-refractivity contribution in [3.63, 3.8) is 0 Å². The molecule has 1 unspecified atom stereocenters. The van der Waals surface area contributed by atoms with Gasteiger partial charge in [0.05, 0.1) is 5.01 Å². The maximum absolute atomic E-state index is 5.67. The van der Waals surface area contributed by atoms with Gasteiger partial charge in [0, 0.05) is 24.0 Å². The number of thiazole rings is 1. The minimum Gasteiger partial charge on any atom is -0.271 e. The summed E-state index contributed by atoms with van der Waals surface area (Å²) >= 11 is 1.73. The third-order valence-electron chi connectivity index (χ3n) is 3.73. The Bertz CT molecular complexity index is 292. The number of nitrogens with two attached hydrogens (primary N) is 1. The van der Waals surface area contributed by atoms with Gasteiger partial charge < -0.3 is 0 Å². The quantitative estimate of drug-likeness (QED) is 0.482. The second-order valence-electron chi connectivity index (χ2n) is 5.09. The lowest BCUT2D eigenvalue weighted by Crippen LogP contribution is -2.38. The molecule has 0 bridgehead atoms. The number of hydrogen-bond donors (Lipinski definition) is 2. The Morgan fingerprint density at radius 1 is 1.35 bits per heavy atom. The summed E-state index contributed by atoms with van der Waals surface area (Å²) in [6, 6.07) is 0.393. The Morgan fingerprint density at radius 3 is 2.71 bits per heavy atom. The van der Waals surface area contributed by atoms with Crippen LogP contribution in [0.15, 0.2) is 11.6 Å². The first-order valence-electron chi connectivity index (χ1n) is 6.73. The molecular weight excluding hydrogens is 230 g/mol. The fourth-order valence-electron chi connectivity index (χ4n) is 2.78. The van der Waals surface area contributed by atoms with Crippen LogP contribution in [-0.2, 0) is 6.42 Å². The third kappa shape index (κ3) is 4.37. The van der Waals surface area contributed by atoms with E-state index in [-0.39, 0.29) is 0 Å². The van der Waals surface area contributed by atoms with E-state index in [1.165, 1.54) is 50.0 Å². The van der Waals surface area contributed by atoms with Crippen molar-refractivity contribution in [2.75, 3.05) is 0 Å². The molecule has 2 rings (SSSR count). The SMILES string of the molecule is NNC(Cc1nccs1)CC1CCCCCC1. The van der Waals surface area contributed by atoms with Crippen LogP contribution in [0.2, 0.25) is 0 Å². The zero-order valence-electron chi connectivity index (χ0n) is 10.4. The number of rotatable bonds is 5. The Balaban J connectivity index is 1.81. The number of hydrazine groups is 1. The summed E-state index contributed by atoms with van der Waals surface area (Å²) in [5, 5.41) is 3.23. The summed E-state index contributed by atoms with van der Waals surface area (Å²) < 4.78 is 0. The summed E-state index contributed by atoms with van der Waals surface area (Å²) in [5.41, 5.74) is 2.97. The normalized spacial score (nSPS) is 20.1. The first kappa shape index (κ1) is 13.0. The van der Waals surface area contributed by atoms with Crippen LogP contribution in [0.5, 0.6) is 0 Å². The Labute approximate surface area is 108 Å². The largest absolute Gasteiger partial charge is 0.271 e. The lowest BCUT2D eigenvalue weighted by atomic mass is 9.92. The molecule has 1 aliphatic carbocycles. The number of aromatic nitrogens is 1. The molecule has 17 heavy (non-hydrogen) atoms. The zero-order valence-corrected chi connectivity index (χ0v) is 11.2. The summed E-state index contributed by atoms with van der Waals surface area (Å²) in [7, 11) is 0. The third-order valence-corrected chi connectivity index (χ3v) is 4.53. The molecule has 1 fully saturated rings. The highest BCUT2D eigenvalue weighted by atomic mass is 32.1. The molecule has 1 aromatic heterocycles. The molecule has 3 N–H and O–H groups in total. The van der Waals surface area contributed by atoms with Crippen LogP contribution in [0.25, 0.3) is 0 Å². The highest BCUT2D eigenvalue weighted by molar-refractivity contribution is 7.09. The first-order chi connectivity index (χ1) is 8.38. The molecule has 3 nitrogen and oxygen atoms in total. The van der Waals surface area contributed by atoms with Gasteiger partial charge in [0.15, 0.2) is 0 Å². The van der Waals surface area contributed by atoms with Crippen LogP contribution in [0.4, 0.5) is 0 Å². The lowest BCUT2D eigenvalue weighted by Gasteiger charge is -2.21. The fraction of sp³-hybridized carbons (Fsp3) is 0.769. The van der Waals surface area contributed by atoms with E-state index in [1.54, 1.807) is 11.3 Å². The summed E-state index contributed by atoms with van der Waals surface area (Å²) in [5.74, 6) is 6.53. The van der Waals surface area contributed by atoms with Crippen LogP contribution in [0, 0.1) is 5.92 Å². The molecule has 4 heteroatoms. The molecule has 0 aliphatic heterocycles. The van der Waals surface area contributed by atoms with E-state index in [0.29, 0.717) is 6.04 Å². The van der Waals surface area contributed by atoms with Crippen molar-refractivity contribution in [3.8, 4) is 0 Å². The van der Waals surface area contributed by atoms with E-state index in [9.17, 15) is 0 Å². The molecular formula is C13H23N3S. The van der Waals surface area contributed by atoms with E-state index < -0.39 is 0 Å². The fourth-order valence-corrected chi connectivity index (χ4v) is 3.47. The predicted molar refractivity (Wildman–Crippen MR) is 72.7 cm³/mol. The summed E-state index contributed by atoms with van der Waals surface area (Å²) in [6.45, 7) is 0. The maximum atomic E-state index is 5.67. The highest BCUT2D eigenvalue weighted by Crippen LogP contribution is 2.27. The van der Waals surface area contributed by atoms with Crippen LogP contribution >= 0.6 is 11.3 Å². The zero-order chi connectivity index (χ0) is 11.9. The summed E-state index contributed by atoms with van der Waals surface area (Å²) in [4.78, 5) is 4.34. The van der Waals surface area contributed by atoms with E-state index in [2.05, 4.69) is 10.4 Å². The second-order valence-corrected chi connectivity index (χ2v) is 6.07. The van der Waals surface area contributed by atoms with Gasteiger partial charge in [-0.15, -0.1) is 11.3 Å². The molecule has 1 heterocycles. The molecule has 1 aromatic rings. The molecule has 0 amide bonds. The van der Waals surface area contributed by atoms with Crippen LogP contribution in [0.1, 0.15) is 50.0 Å². The number of nitrogens with zero attached hydrogens (tertiary/aromatic N) is 1. The second kappa shape index (κ2) is 7.09. The van der Waals surface area contributed by atoms with Crippen molar-refractivity contribution in [2.45, 2.75) is 57.4 Å². The van der Waals surface area contributed by atoms with E-state index in [1.807, 2.05) is 11.6 Å². The van der Waals surface area contributed by atoms with Gasteiger partial charge in [-0.3, -0.25) is 11.3 Å². The topological polar surface area (TPSA) is 50.9 Å². The molecule has 0 saturated heterocycles. The van der Waals surface area contributed by atoms with E-state index >= 15 is 0 Å². The number of nitrogens with one attached hydrogen (secondary N) is 1. The van der Waals surface area contributed by atoms with Crippen molar-refractivity contribution < 1.29 is 0 Å². The molecule has 1 saturated carbocycles. The van der Waals surface area contributed by atoms with Gasteiger partial charge >= 0.3 is 0 Å².